The highest BCUT2D eigenvalue weighted by Gasteiger charge is 2.30. The zero-order chi connectivity index (χ0) is 40.0. The number of methoxy groups -OCH3 is 2. The van der Waals surface area contributed by atoms with Gasteiger partial charge in [0, 0.05) is 32.0 Å². The third-order valence-corrected chi connectivity index (χ3v) is 8.34. The van der Waals surface area contributed by atoms with Gasteiger partial charge in [-0.25, -0.2) is 9.59 Å². The summed E-state index contributed by atoms with van der Waals surface area (Å²) in [5, 5.41) is 0. The lowest BCUT2D eigenvalue weighted by Gasteiger charge is -2.19. The summed E-state index contributed by atoms with van der Waals surface area (Å²) in [5.41, 5.74) is 0.174. The lowest BCUT2D eigenvalue weighted by atomic mass is 10.0. The summed E-state index contributed by atoms with van der Waals surface area (Å²) in [6.07, 6.45) is 19.3. The Kier molecular flexibility index (Phi) is 19.4. The molecule has 0 aliphatic carbocycles. The zero-order valence-electron chi connectivity index (χ0n) is 32.7. The van der Waals surface area contributed by atoms with Crippen LogP contribution in [0, 0.1) is 0 Å². The van der Waals surface area contributed by atoms with E-state index in [0.29, 0.717) is 37.7 Å². The number of allylic oxidation sites excluding steroid dienone is 4. The van der Waals surface area contributed by atoms with Crippen LogP contribution < -0.4 is 28.4 Å². The first-order valence-corrected chi connectivity index (χ1v) is 18.8. The van der Waals surface area contributed by atoms with Crippen LogP contribution >= 0.6 is 0 Å². The second-order valence-electron chi connectivity index (χ2n) is 12.8. The molecular formula is C42H54O13. The highest BCUT2D eigenvalue weighted by molar-refractivity contribution is 6.06. The van der Waals surface area contributed by atoms with Gasteiger partial charge in [0.25, 0.3) is 0 Å². The summed E-state index contributed by atoms with van der Waals surface area (Å²) in [5.74, 6) is -1.77. The molecule has 0 saturated heterocycles. The van der Waals surface area contributed by atoms with Gasteiger partial charge in [-0.3, -0.25) is 14.4 Å². The van der Waals surface area contributed by atoms with Crippen LogP contribution in [-0.2, 0) is 19.1 Å². The van der Waals surface area contributed by atoms with Crippen LogP contribution in [-0.4, -0.2) is 70.3 Å². The molecule has 0 aromatic heterocycles. The summed E-state index contributed by atoms with van der Waals surface area (Å²) >= 11 is 0. The van der Waals surface area contributed by atoms with Crippen LogP contribution in [0.3, 0.4) is 0 Å². The van der Waals surface area contributed by atoms with Gasteiger partial charge in [0.05, 0.1) is 40.6 Å². The number of carbonyl (C=O) groups is 5. The quantitative estimate of drug-likeness (QED) is 0.124. The Morgan fingerprint density at radius 2 is 0.982 bits per heavy atom. The molecular weight excluding hydrogens is 712 g/mol. The summed E-state index contributed by atoms with van der Waals surface area (Å²) < 4.78 is 43.4. The molecule has 13 nitrogen and oxygen atoms in total. The minimum absolute atomic E-state index is 0.0310. The van der Waals surface area contributed by atoms with Gasteiger partial charge in [0.1, 0.15) is 33.9 Å². The lowest BCUT2D eigenvalue weighted by molar-refractivity contribution is -0.132. The fraction of sp³-hybridized carbons (Fsp3) is 0.500. The molecule has 13 heteroatoms. The van der Waals surface area contributed by atoms with Gasteiger partial charge >= 0.3 is 23.9 Å². The molecule has 55 heavy (non-hydrogen) atoms. The SMILES string of the molecule is COc1cc(OC(C)=O)c2c(c1C(C)=O)OCCCCC=CCCCCOC2=O.COc1cc2c(c(OC(C)=O)c1)C(=O)OCCCCC=CCCCCO2. The maximum absolute atomic E-state index is 12.9. The number of esters is 4. The third-order valence-electron chi connectivity index (χ3n) is 8.34. The van der Waals surface area contributed by atoms with Crippen molar-refractivity contribution in [1.29, 1.82) is 0 Å². The zero-order valence-corrected chi connectivity index (χ0v) is 32.7. The van der Waals surface area contributed by atoms with Crippen molar-refractivity contribution in [3.63, 3.8) is 0 Å². The molecule has 0 bridgehead atoms. The molecule has 0 radical (unpaired) electrons. The Labute approximate surface area is 323 Å². The van der Waals surface area contributed by atoms with E-state index in [-0.39, 0.29) is 52.1 Å². The molecule has 2 aromatic carbocycles. The second-order valence-corrected chi connectivity index (χ2v) is 12.8. The molecule has 0 amide bonds. The van der Waals surface area contributed by atoms with Crippen LogP contribution in [0.4, 0.5) is 0 Å². The number of ketones is 1. The van der Waals surface area contributed by atoms with Crippen molar-refractivity contribution in [2.24, 2.45) is 0 Å². The van der Waals surface area contributed by atoms with E-state index in [0.717, 1.165) is 70.6 Å². The largest absolute Gasteiger partial charge is 0.496 e. The predicted molar refractivity (Wildman–Crippen MR) is 204 cm³/mol. The van der Waals surface area contributed by atoms with Gasteiger partial charge in [-0.15, -0.1) is 0 Å². The van der Waals surface area contributed by atoms with Gasteiger partial charge in [0.15, 0.2) is 23.0 Å². The number of carbonyl (C=O) groups excluding carboxylic acids is 5. The molecule has 0 unspecified atom stereocenters. The average molecular weight is 767 g/mol. The van der Waals surface area contributed by atoms with E-state index in [2.05, 4.69) is 24.3 Å². The fourth-order valence-corrected chi connectivity index (χ4v) is 5.67. The molecule has 0 N–H and O–H groups in total. The van der Waals surface area contributed by atoms with Crippen LogP contribution in [0.5, 0.6) is 34.5 Å². The van der Waals surface area contributed by atoms with E-state index in [9.17, 15) is 24.0 Å². The Balaban J connectivity index is 0.000000297. The first-order valence-electron chi connectivity index (χ1n) is 18.8. The van der Waals surface area contributed by atoms with E-state index in [1.807, 2.05) is 0 Å². The average Bonchev–Trinajstić information content (AvgIpc) is 3.15. The number of rotatable bonds is 5. The van der Waals surface area contributed by atoms with Crippen LogP contribution in [0.1, 0.15) is 129 Å². The van der Waals surface area contributed by atoms with Crippen molar-refractivity contribution < 1.29 is 61.9 Å². The number of fused-ring (bicyclic) bond motifs is 2. The lowest BCUT2D eigenvalue weighted by Crippen LogP contribution is -2.16. The van der Waals surface area contributed by atoms with E-state index in [4.69, 9.17) is 37.9 Å². The molecule has 4 rings (SSSR count). The highest BCUT2D eigenvalue weighted by atomic mass is 16.6. The molecule has 0 spiro atoms. The number of cyclic esters (lactones) is 2. The fourth-order valence-electron chi connectivity index (χ4n) is 5.67. The van der Waals surface area contributed by atoms with Gasteiger partial charge in [-0.2, -0.15) is 0 Å². The molecule has 2 heterocycles. The molecule has 0 saturated carbocycles. The van der Waals surface area contributed by atoms with Gasteiger partial charge < -0.3 is 37.9 Å². The minimum atomic E-state index is -0.702. The maximum atomic E-state index is 12.9. The Hall–Kier alpha value is -5.33. The van der Waals surface area contributed by atoms with E-state index >= 15 is 0 Å². The summed E-state index contributed by atoms with van der Waals surface area (Å²) in [6.45, 7) is 5.12. The molecule has 0 fully saturated rings. The van der Waals surface area contributed by atoms with E-state index in [1.54, 1.807) is 6.07 Å². The third kappa shape index (κ3) is 14.8. The highest BCUT2D eigenvalue weighted by Crippen LogP contribution is 2.41. The molecule has 2 aliphatic rings. The maximum Gasteiger partial charge on any atom is 0.345 e. The minimum Gasteiger partial charge on any atom is -0.496 e. The molecule has 300 valence electrons. The smallest absolute Gasteiger partial charge is 0.345 e. The van der Waals surface area contributed by atoms with Crippen molar-refractivity contribution in [2.75, 3.05) is 40.6 Å². The van der Waals surface area contributed by atoms with Crippen molar-refractivity contribution in [3.05, 3.63) is 59.2 Å². The standard InChI is InChI=1S/C22H28O7.C20H26O6/c1-15(23)19-17(26-3)14-18(29-16(2)24)20-21(19)27-12-10-8-6-4-5-7-9-11-13-28-22(20)25;1-15(21)26-18-14-16(23-2)13-17-19(18)20(22)25-12-10-8-6-4-3-5-7-9-11-24-17/h4-5,14H,6-13H2,1-3H3;3-4,13-14H,5-12H2,1-2H3. The Morgan fingerprint density at radius 1 is 0.527 bits per heavy atom. The topological polar surface area (TPSA) is 159 Å². The van der Waals surface area contributed by atoms with Crippen molar-refractivity contribution >= 4 is 29.7 Å². The van der Waals surface area contributed by atoms with Crippen molar-refractivity contribution in [3.8, 4) is 34.5 Å². The van der Waals surface area contributed by atoms with Crippen LogP contribution in [0.25, 0.3) is 0 Å². The molecule has 2 aliphatic heterocycles. The first-order chi connectivity index (χ1) is 26.6. The summed E-state index contributed by atoms with van der Waals surface area (Å²) in [6, 6.07) is 4.45. The van der Waals surface area contributed by atoms with Crippen LogP contribution in [0.2, 0.25) is 0 Å². The second kappa shape index (κ2) is 24.2. The summed E-state index contributed by atoms with van der Waals surface area (Å²) in [7, 11) is 2.89. The first kappa shape index (κ1) is 44.1. The van der Waals surface area contributed by atoms with E-state index in [1.165, 1.54) is 47.1 Å². The number of Topliss-reactive ketones (excluding diaryl/α,β-unsaturated/α-hetero) is 1. The van der Waals surface area contributed by atoms with Crippen molar-refractivity contribution in [2.45, 2.75) is 97.8 Å². The van der Waals surface area contributed by atoms with Gasteiger partial charge in [-0.05, 0) is 84.0 Å². The van der Waals surface area contributed by atoms with Gasteiger partial charge in [-0.1, -0.05) is 24.3 Å². The summed E-state index contributed by atoms with van der Waals surface area (Å²) in [4.78, 5) is 60.8. The number of hydrogen-bond acceptors (Lipinski definition) is 13. The van der Waals surface area contributed by atoms with E-state index < -0.39 is 23.9 Å². The Bertz CT molecular complexity index is 1670. The van der Waals surface area contributed by atoms with Crippen LogP contribution in [0.15, 0.2) is 42.5 Å². The predicted octanol–water partition coefficient (Wildman–Crippen LogP) is 8.34. The Morgan fingerprint density at radius 3 is 1.44 bits per heavy atom. The van der Waals surface area contributed by atoms with Gasteiger partial charge in [0.2, 0.25) is 0 Å². The molecule has 2 aromatic rings. The van der Waals surface area contributed by atoms with Crippen molar-refractivity contribution in [1.82, 2.24) is 0 Å². The monoisotopic (exact) mass is 766 g/mol. The number of hydrogen-bond donors (Lipinski definition) is 0. The number of benzene rings is 2. The molecule has 0 atom stereocenters. The number of ether oxygens (including phenoxy) is 8. The normalized spacial score (nSPS) is 16.0.